The third-order valence-electron chi connectivity index (χ3n) is 3.57. The van der Waals surface area contributed by atoms with Gasteiger partial charge in [-0.3, -0.25) is 4.79 Å². The standard InChI is InChI=1S/C19H21ClN2O5S/c1-12(2)22-28(25,26)15-10-8-14(9-11-15)21-18(23)13(3)27-19(24)16-6-4-5-7-17(16)20/h4-13,22H,1-3H3,(H,21,23). The number of hydrogen-bond donors (Lipinski definition) is 2. The molecule has 0 saturated carbocycles. The number of hydrogen-bond acceptors (Lipinski definition) is 5. The Labute approximate surface area is 169 Å². The van der Waals surface area contributed by atoms with Crippen molar-refractivity contribution < 1.29 is 22.7 Å². The molecule has 0 bridgehead atoms. The lowest BCUT2D eigenvalue weighted by molar-refractivity contribution is -0.123. The van der Waals surface area contributed by atoms with Gasteiger partial charge < -0.3 is 10.1 Å². The van der Waals surface area contributed by atoms with Gasteiger partial charge in [-0.25, -0.2) is 17.9 Å². The number of benzene rings is 2. The van der Waals surface area contributed by atoms with Crippen LogP contribution in [0.5, 0.6) is 0 Å². The molecule has 9 heteroatoms. The number of ether oxygens (including phenoxy) is 1. The summed E-state index contributed by atoms with van der Waals surface area (Å²) < 4.78 is 31.8. The SMILES string of the molecule is CC(C)NS(=O)(=O)c1ccc(NC(=O)C(C)OC(=O)c2ccccc2Cl)cc1. The highest BCUT2D eigenvalue weighted by atomic mass is 35.5. The van der Waals surface area contributed by atoms with Gasteiger partial charge in [0.1, 0.15) is 0 Å². The molecule has 2 rings (SSSR count). The Balaban J connectivity index is 2.00. The number of anilines is 1. The predicted molar refractivity (Wildman–Crippen MR) is 107 cm³/mol. The van der Waals surface area contributed by atoms with Crippen LogP contribution in [0.2, 0.25) is 5.02 Å². The summed E-state index contributed by atoms with van der Waals surface area (Å²) in [6, 6.07) is 11.8. The summed E-state index contributed by atoms with van der Waals surface area (Å²) >= 11 is 5.94. The van der Waals surface area contributed by atoms with Crippen LogP contribution < -0.4 is 10.0 Å². The molecule has 0 spiro atoms. The highest BCUT2D eigenvalue weighted by Gasteiger charge is 2.21. The number of halogens is 1. The molecule has 1 amide bonds. The van der Waals surface area contributed by atoms with Gasteiger partial charge in [0.2, 0.25) is 10.0 Å². The van der Waals surface area contributed by atoms with Crippen molar-refractivity contribution in [1.29, 1.82) is 0 Å². The van der Waals surface area contributed by atoms with Crippen LogP contribution in [0.15, 0.2) is 53.4 Å². The van der Waals surface area contributed by atoms with Gasteiger partial charge in [0, 0.05) is 11.7 Å². The zero-order chi connectivity index (χ0) is 20.9. The molecule has 0 saturated heterocycles. The molecule has 0 fully saturated rings. The second kappa shape index (κ2) is 9.18. The quantitative estimate of drug-likeness (QED) is 0.664. The maximum Gasteiger partial charge on any atom is 0.340 e. The number of esters is 1. The molecule has 1 atom stereocenters. The third-order valence-corrected chi connectivity index (χ3v) is 5.57. The molecule has 0 aliphatic carbocycles. The fourth-order valence-corrected chi connectivity index (χ4v) is 3.71. The van der Waals surface area contributed by atoms with Crippen LogP contribution in [0, 0.1) is 0 Å². The average Bonchev–Trinajstić information content (AvgIpc) is 2.61. The van der Waals surface area contributed by atoms with E-state index in [2.05, 4.69) is 10.0 Å². The summed E-state index contributed by atoms with van der Waals surface area (Å²) in [5.41, 5.74) is 0.533. The molecule has 150 valence electrons. The molecule has 2 aromatic carbocycles. The number of nitrogens with one attached hydrogen (secondary N) is 2. The highest BCUT2D eigenvalue weighted by molar-refractivity contribution is 7.89. The molecule has 0 aliphatic rings. The van der Waals surface area contributed by atoms with Crippen molar-refractivity contribution >= 4 is 39.2 Å². The number of amides is 1. The molecular weight excluding hydrogens is 404 g/mol. The van der Waals surface area contributed by atoms with Crippen LogP contribution in [0.25, 0.3) is 0 Å². The lowest BCUT2D eigenvalue weighted by Crippen LogP contribution is -2.30. The lowest BCUT2D eigenvalue weighted by Gasteiger charge is -2.14. The molecule has 2 aromatic rings. The molecule has 2 N–H and O–H groups in total. The van der Waals surface area contributed by atoms with Gasteiger partial charge in [0.15, 0.2) is 6.10 Å². The van der Waals surface area contributed by atoms with Gasteiger partial charge >= 0.3 is 5.97 Å². The van der Waals surface area contributed by atoms with E-state index in [1.165, 1.54) is 37.3 Å². The number of carbonyl (C=O) groups excluding carboxylic acids is 2. The molecule has 0 aromatic heterocycles. The van der Waals surface area contributed by atoms with Crippen molar-refractivity contribution in [3.8, 4) is 0 Å². The van der Waals surface area contributed by atoms with Gasteiger partial charge in [0.05, 0.1) is 15.5 Å². The average molecular weight is 425 g/mol. The highest BCUT2D eigenvalue weighted by Crippen LogP contribution is 2.18. The Morgan fingerprint density at radius 3 is 2.18 bits per heavy atom. The van der Waals surface area contributed by atoms with E-state index in [1.54, 1.807) is 32.0 Å². The maximum atomic E-state index is 12.2. The topological polar surface area (TPSA) is 102 Å². The van der Waals surface area contributed by atoms with E-state index in [0.717, 1.165) is 0 Å². The summed E-state index contributed by atoms with van der Waals surface area (Å²) in [5, 5.41) is 2.80. The zero-order valence-electron chi connectivity index (χ0n) is 15.6. The van der Waals surface area contributed by atoms with Crippen molar-refractivity contribution in [3.63, 3.8) is 0 Å². The first-order valence-electron chi connectivity index (χ1n) is 8.49. The molecule has 7 nitrogen and oxygen atoms in total. The van der Waals surface area contributed by atoms with Crippen LogP contribution in [0.4, 0.5) is 5.69 Å². The molecule has 1 unspecified atom stereocenters. The predicted octanol–water partition coefficient (Wildman–Crippen LogP) is 3.21. The van der Waals surface area contributed by atoms with Crippen molar-refractivity contribution in [2.75, 3.05) is 5.32 Å². The second-order valence-corrected chi connectivity index (χ2v) is 8.44. The Hall–Kier alpha value is -2.42. The zero-order valence-corrected chi connectivity index (χ0v) is 17.2. The Morgan fingerprint density at radius 1 is 1.00 bits per heavy atom. The normalized spacial score (nSPS) is 12.5. The molecule has 0 radical (unpaired) electrons. The summed E-state index contributed by atoms with van der Waals surface area (Å²) in [5.74, 6) is -1.27. The summed E-state index contributed by atoms with van der Waals surface area (Å²) in [6.45, 7) is 4.87. The van der Waals surface area contributed by atoms with E-state index >= 15 is 0 Å². The Bertz CT molecular complexity index is 959. The van der Waals surface area contributed by atoms with Gasteiger partial charge in [-0.15, -0.1) is 0 Å². The van der Waals surface area contributed by atoms with E-state index < -0.39 is 28.0 Å². The van der Waals surface area contributed by atoms with E-state index in [4.69, 9.17) is 16.3 Å². The van der Waals surface area contributed by atoms with Crippen LogP contribution in [-0.4, -0.2) is 32.4 Å². The largest absolute Gasteiger partial charge is 0.449 e. The van der Waals surface area contributed by atoms with E-state index in [9.17, 15) is 18.0 Å². The van der Waals surface area contributed by atoms with E-state index in [0.29, 0.717) is 5.69 Å². The van der Waals surface area contributed by atoms with Gasteiger partial charge in [-0.2, -0.15) is 0 Å². The minimum Gasteiger partial charge on any atom is -0.449 e. The second-order valence-electron chi connectivity index (χ2n) is 6.32. The minimum atomic E-state index is -3.62. The first-order chi connectivity index (χ1) is 13.1. The first-order valence-corrected chi connectivity index (χ1v) is 10.3. The number of rotatable bonds is 7. The Kier molecular flexibility index (Phi) is 7.17. The van der Waals surface area contributed by atoms with Crippen molar-refractivity contribution in [1.82, 2.24) is 4.72 Å². The van der Waals surface area contributed by atoms with Crippen molar-refractivity contribution in [2.24, 2.45) is 0 Å². The molecule has 28 heavy (non-hydrogen) atoms. The van der Waals surface area contributed by atoms with Gasteiger partial charge in [-0.1, -0.05) is 23.7 Å². The smallest absolute Gasteiger partial charge is 0.340 e. The third kappa shape index (κ3) is 5.79. The molecule has 0 heterocycles. The summed E-state index contributed by atoms with van der Waals surface area (Å²) in [7, 11) is -3.62. The van der Waals surface area contributed by atoms with Gasteiger partial charge in [-0.05, 0) is 57.2 Å². The monoisotopic (exact) mass is 424 g/mol. The van der Waals surface area contributed by atoms with Crippen LogP contribution >= 0.6 is 11.6 Å². The molecular formula is C19H21ClN2O5S. The van der Waals surface area contributed by atoms with Crippen LogP contribution in [0.1, 0.15) is 31.1 Å². The minimum absolute atomic E-state index is 0.0809. The summed E-state index contributed by atoms with van der Waals surface area (Å²) in [6.07, 6.45) is -1.07. The fourth-order valence-electron chi connectivity index (χ4n) is 2.24. The van der Waals surface area contributed by atoms with Crippen LogP contribution in [0.3, 0.4) is 0 Å². The molecule has 0 aliphatic heterocycles. The van der Waals surface area contributed by atoms with Crippen LogP contribution in [-0.2, 0) is 19.6 Å². The maximum absolute atomic E-state index is 12.2. The number of carbonyl (C=O) groups is 2. The summed E-state index contributed by atoms with van der Waals surface area (Å²) in [4.78, 5) is 24.4. The van der Waals surface area contributed by atoms with Crippen molar-refractivity contribution in [2.45, 2.75) is 37.8 Å². The number of sulfonamides is 1. The van der Waals surface area contributed by atoms with E-state index in [-0.39, 0.29) is 21.5 Å². The first kappa shape index (κ1) is 21.9. The van der Waals surface area contributed by atoms with Gasteiger partial charge in [0.25, 0.3) is 5.91 Å². The lowest BCUT2D eigenvalue weighted by atomic mass is 10.2. The fraction of sp³-hybridized carbons (Fsp3) is 0.263. The van der Waals surface area contributed by atoms with E-state index in [1.807, 2.05) is 0 Å². The van der Waals surface area contributed by atoms with Crippen molar-refractivity contribution in [3.05, 3.63) is 59.1 Å². The Morgan fingerprint density at radius 2 is 1.61 bits per heavy atom.